The normalized spacial score (nSPS) is 14.6. The summed E-state index contributed by atoms with van der Waals surface area (Å²) < 4.78 is 28.3. The molecule has 0 aliphatic heterocycles. The Balaban J connectivity index is 2.39. The minimum atomic E-state index is -2.84. The fourth-order valence-electron chi connectivity index (χ4n) is 1.66. The van der Waals surface area contributed by atoms with Crippen molar-refractivity contribution in [2.45, 2.75) is 19.5 Å². The van der Waals surface area contributed by atoms with E-state index in [0.29, 0.717) is 24.0 Å². The molecular formula is C10H8F2O2. The van der Waals surface area contributed by atoms with Gasteiger partial charge in [-0.15, -0.1) is 0 Å². The molecule has 0 heterocycles. The highest BCUT2D eigenvalue weighted by atomic mass is 19.3. The minimum Gasteiger partial charge on any atom is -0.435 e. The molecule has 0 radical (unpaired) electrons. The van der Waals surface area contributed by atoms with E-state index in [2.05, 4.69) is 4.74 Å². The van der Waals surface area contributed by atoms with Crippen LogP contribution in [0.4, 0.5) is 8.78 Å². The van der Waals surface area contributed by atoms with Crippen LogP contribution in [0.1, 0.15) is 22.3 Å². The van der Waals surface area contributed by atoms with Gasteiger partial charge < -0.3 is 4.74 Å². The number of hydrogen-bond acceptors (Lipinski definition) is 2. The number of ether oxygens (including phenoxy) is 1. The summed E-state index contributed by atoms with van der Waals surface area (Å²) in [4.78, 5) is 11.3. The van der Waals surface area contributed by atoms with Crippen molar-refractivity contribution in [3.8, 4) is 5.75 Å². The molecule has 1 aliphatic carbocycles. The number of hydrogen-bond donors (Lipinski definition) is 0. The lowest BCUT2D eigenvalue weighted by Gasteiger charge is -2.08. The van der Waals surface area contributed by atoms with Gasteiger partial charge in [0.05, 0.1) is 0 Å². The Bertz CT molecular complexity index is 374. The molecule has 1 aromatic rings. The third kappa shape index (κ3) is 1.47. The molecule has 14 heavy (non-hydrogen) atoms. The number of alkyl halides is 2. The van der Waals surface area contributed by atoms with Crippen LogP contribution in [-0.4, -0.2) is 12.4 Å². The second-order valence-electron chi connectivity index (χ2n) is 3.08. The molecule has 0 amide bonds. The third-order valence-corrected chi connectivity index (χ3v) is 2.25. The van der Waals surface area contributed by atoms with Crippen molar-refractivity contribution < 1.29 is 18.3 Å². The molecule has 0 unspecified atom stereocenters. The number of rotatable bonds is 2. The van der Waals surface area contributed by atoms with E-state index >= 15 is 0 Å². The van der Waals surface area contributed by atoms with Gasteiger partial charge in [-0.1, -0.05) is 12.1 Å². The molecule has 2 rings (SSSR count). The molecule has 0 aromatic heterocycles. The summed E-state index contributed by atoms with van der Waals surface area (Å²) in [5.41, 5.74) is 1.13. The third-order valence-electron chi connectivity index (χ3n) is 2.25. The molecule has 1 aliphatic rings. The molecule has 0 fully saturated rings. The first-order valence-corrected chi connectivity index (χ1v) is 4.28. The number of benzene rings is 1. The monoisotopic (exact) mass is 198 g/mol. The Morgan fingerprint density at radius 3 is 2.79 bits per heavy atom. The first-order chi connectivity index (χ1) is 6.68. The maximum atomic E-state index is 12.0. The fraction of sp³-hybridized carbons (Fsp3) is 0.300. The molecule has 0 spiro atoms. The topological polar surface area (TPSA) is 26.3 Å². The molecule has 0 saturated heterocycles. The largest absolute Gasteiger partial charge is 0.435 e. The first kappa shape index (κ1) is 9.12. The van der Waals surface area contributed by atoms with E-state index < -0.39 is 6.61 Å². The Labute approximate surface area is 79.5 Å². The van der Waals surface area contributed by atoms with E-state index in [4.69, 9.17) is 0 Å². The van der Waals surface area contributed by atoms with Crippen LogP contribution in [-0.2, 0) is 6.42 Å². The second kappa shape index (κ2) is 3.36. The van der Waals surface area contributed by atoms with E-state index in [1.54, 1.807) is 12.1 Å². The van der Waals surface area contributed by atoms with Gasteiger partial charge in [0.2, 0.25) is 0 Å². The number of ketones is 1. The molecule has 1 aromatic carbocycles. The summed E-state index contributed by atoms with van der Waals surface area (Å²) in [6, 6.07) is 4.66. The Morgan fingerprint density at radius 2 is 2.07 bits per heavy atom. The molecule has 4 heteroatoms. The van der Waals surface area contributed by atoms with Crippen LogP contribution < -0.4 is 4.74 Å². The zero-order chi connectivity index (χ0) is 10.1. The SMILES string of the molecule is O=C1CCc2c(OC(F)F)cccc21. The number of Topliss-reactive ketones (excluding diaryl/α,β-unsaturated/α-hetero) is 1. The van der Waals surface area contributed by atoms with Gasteiger partial charge in [0, 0.05) is 17.5 Å². The lowest BCUT2D eigenvalue weighted by molar-refractivity contribution is -0.0504. The summed E-state index contributed by atoms with van der Waals surface area (Å²) in [7, 11) is 0. The minimum absolute atomic E-state index is 0.000263. The average Bonchev–Trinajstić information content (AvgIpc) is 2.49. The smallest absolute Gasteiger partial charge is 0.387 e. The van der Waals surface area contributed by atoms with Crippen molar-refractivity contribution in [3.05, 3.63) is 29.3 Å². The number of fused-ring (bicyclic) bond motifs is 1. The number of carbonyl (C=O) groups is 1. The van der Waals surface area contributed by atoms with Crippen LogP contribution in [0.15, 0.2) is 18.2 Å². The van der Waals surface area contributed by atoms with E-state index in [1.165, 1.54) is 6.07 Å². The van der Waals surface area contributed by atoms with E-state index in [1.807, 2.05) is 0 Å². The van der Waals surface area contributed by atoms with Gasteiger partial charge in [0.1, 0.15) is 5.75 Å². The van der Waals surface area contributed by atoms with Gasteiger partial charge >= 0.3 is 6.61 Å². The molecule has 2 nitrogen and oxygen atoms in total. The summed E-state index contributed by atoms with van der Waals surface area (Å²) in [6.45, 7) is -2.84. The van der Waals surface area contributed by atoms with Gasteiger partial charge in [-0.2, -0.15) is 8.78 Å². The van der Waals surface area contributed by atoms with Gasteiger partial charge in [-0.25, -0.2) is 0 Å². The van der Waals surface area contributed by atoms with Gasteiger partial charge in [-0.05, 0) is 12.5 Å². The lowest BCUT2D eigenvalue weighted by atomic mass is 10.1. The predicted molar refractivity (Wildman–Crippen MR) is 45.7 cm³/mol. The highest BCUT2D eigenvalue weighted by Gasteiger charge is 2.23. The molecule has 0 N–H and O–H groups in total. The van der Waals surface area contributed by atoms with E-state index in [0.717, 1.165) is 0 Å². The van der Waals surface area contributed by atoms with Gasteiger partial charge in [0.15, 0.2) is 5.78 Å². The van der Waals surface area contributed by atoms with Crippen molar-refractivity contribution in [1.29, 1.82) is 0 Å². The quantitative estimate of drug-likeness (QED) is 0.729. The maximum absolute atomic E-state index is 12.0. The Hall–Kier alpha value is -1.45. The van der Waals surface area contributed by atoms with Crippen LogP contribution in [0.3, 0.4) is 0 Å². The predicted octanol–water partition coefficient (Wildman–Crippen LogP) is 2.42. The highest BCUT2D eigenvalue weighted by molar-refractivity contribution is 6.01. The van der Waals surface area contributed by atoms with Crippen LogP contribution in [0.2, 0.25) is 0 Å². The Morgan fingerprint density at radius 1 is 1.29 bits per heavy atom. The molecule has 0 saturated carbocycles. The molecule has 0 bridgehead atoms. The lowest BCUT2D eigenvalue weighted by Crippen LogP contribution is -2.04. The average molecular weight is 198 g/mol. The standard InChI is InChI=1S/C10H8F2O2/c11-10(12)14-9-3-1-2-6-7(9)4-5-8(6)13/h1-3,10H,4-5H2. The summed E-state index contributed by atoms with van der Waals surface area (Å²) in [6.07, 6.45) is 0.885. The molecule has 0 atom stereocenters. The Kier molecular flexibility index (Phi) is 2.19. The number of halogens is 2. The molecular weight excluding hydrogens is 190 g/mol. The summed E-state index contributed by atoms with van der Waals surface area (Å²) in [5, 5.41) is 0. The fourth-order valence-corrected chi connectivity index (χ4v) is 1.66. The van der Waals surface area contributed by atoms with Crippen molar-refractivity contribution >= 4 is 5.78 Å². The number of carbonyl (C=O) groups excluding carboxylic acids is 1. The summed E-state index contributed by atoms with van der Waals surface area (Å²) >= 11 is 0. The van der Waals surface area contributed by atoms with Crippen LogP contribution >= 0.6 is 0 Å². The van der Waals surface area contributed by atoms with Crippen molar-refractivity contribution in [3.63, 3.8) is 0 Å². The highest BCUT2D eigenvalue weighted by Crippen LogP contribution is 2.31. The van der Waals surface area contributed by atoms with E-state index in [9.17, 15) is 13.6 Å². The van der Waals surface area contributed by atoms with Crippen molar-refractivity contribution in [1.82, 2.24) is 0 Å². The molecule has 74 valence electrons. The second-order valence-corrected chi connectivity index (χ2v) is 3.08. The van der Waals surface area contributed by atoms with Gasteiger partial charge in [0.25, 0.3) is 0 Å². The van der Waals surface area contributed by atoms with Gasteiger partial charge in [-0.3, -0.25) is 4.79 Å². The van der Waals surface area contributed by atoms with Crippen LogP contribution in [0.5, 0.6) is 5.75 Å². The van der Waals surface area contributed by atoms with Crippen LogP contribution in [0.25, 0.3) is 0 Å². The van der Waals surface area contributed by atoms with Crippen molar-refractivity contribution in [2.75, 3.05) is 0 Å². The summed E-state index contributed by atoms with van der Waals surface area (Å²) in [5.74, 6) is 0.128. The zero-order valence-corrected chi connectivity index (χ0v) is 7.30. The van der Waals surface area contributed by atoms with Crippen LogP contribution in [0, 0.1) is 0 Å². The zero-order valence-electron chi connectivity index (χ0n) is 7.30. The van der Waals surface area contributed by atoms with Crippen molar-refractivity contribution in [2.24, 2.45) is 0 Å². The maximum Gasteiger partial charge on any atom is 0.387 e. The van der Waals surface area contributed by atoms with E-state index in [-0.39, 0.29) is 11.5 Å². The first-order valence-electron chi connectivity index (χ1n) is 4.28.